The number of morpholine rings is 1. The highest BCUT2D eigenvalue weighted by atomic mass is 16.5. The summed E-state index contributed by atoms with van der Waals surface area (Å²) >= 11 is 0. The van der Waals surface area contributed by atoms with Crippen molar-refractivity contribution in [2.24, 2.45) is 0 Å². The van der Waals surface area contributed by atoms with E-state index in [-0.39, 0.29) is 5.97 Å². The van der Waals surface area contributed by atoms with Crippen molar-refractivity contribution in [1.29, 1.82) is 0 Å². The monoisotopic (exact) mass is 332 g/mol. The van der Waals surface area contributed by atoms with Gasteiger partial charge in [-0.05, 0) is 38.1 Å². The average Bonchev–Trinajstić information content (AvgIpc) is 3.02. The van der Waals surface area contributed by atoms with Crippen molar-refractivity contribution >= 4 is 23.0 Å². The number of fused-ring (bicyclic) bond motifs is 1. The summed E-state index contributed by atoms with van der Waals surface area (Å²) in [6, 6.07) is 5.35. The first-order valence-electron chi connectivity index (χ1n) is 8.47. The van der Waals surface area contributed by atoms with E-state index in [1.807, 2.05) is 6.07 Å². The number of anilines is 1. The van der Waals surface area contributed by atoms with Crippen LogP contribution in [0.25, 0.3) is 11.0 Å². The third kappa shape index (κ3) is 4.24. The zero-order chi connectivity index (χ0) is 16.8. The number of nitrogens with one attached hydrogen (secondary N) is 2. The summed E-state index contributed by atoms with van der Waals surface area (Å²) in [6.45, 7) is 7.77. The Hall–Kier alpha value is -2.12. The lowest BCUT2D eigenvalue weighted by Crippen LogP contribution is -2.37. The van der Waals surface area contributed by atoms with Crippen LogP contribution in [-0.2, 0) is 9.47 Å². The van der Waals surface area contributed by atoms with Gasteiger partial charge in [-0.15, -0.1) is 0 Å². The molecule has 0 atom stereocenters. The van der Waals surface area contributed by atoms with Crippen LogP contribution in [0.2, 0.25) is 0 Å². The molecule has 0 radical (unpaired) electrons. The number of hydrogen-bond acceptors (Lipinski definition) is 6. The maximum absolute atomic E-state index is 11.8. The van der Waals surface area contributed by atoms with Gasteiger partial charge in [0.2, 0.25) is 5.95 Å². The van der Waals surface area contributed by atoms with Crippen molar-refractivity contribution in [3.63, 3.8) is 0 Å². The number of aromatic amines is 1. The molecular weight excluding hydrogens is 308 g/mol. The summed E-state index contributed by atoms with van der Waals surface area (Å²) in [6.07, 6.45) is 1.05. The molecule has 0 unspecified atom stereocenters. The van der Waals surface area contributed by atoms with Gasteiger partial charge in [-0.2, -0.15) is 0 Å². The molecule has 24 heavy (non-hydrogen) atoms. The van der Waals surface area contributed by atoms with Crippen LogP contribution >= 0.6 is 0 Å². The number of esters is 1. The Bertz CT molecular complexity index is 680. The first-order valence-corrected chi connectivity index (χ1v) is 8.47. The summed E-state index contributed by atoms with van der Waals surface area (Å²) in [4.78, 5) is 21.9. The molecule has 0 aliphatic carbocycles. The molecule has 130 valence electrons. The van der Waals surface area contributed by atoms with Crippen molar-refractivity contribution in [2.45, 2.75) is 13.3 Å². The van der Waals surface area contributed by atoms with Crippen LogP contribution in [0.1, 0.15) is 23.7 Å². The van der Waals surface area contributed by atoms with Crippen LogP contribution < -0.4 is 5.32 Å². The van der Waals surface area contributed by atoms with Crippen molar-refractivity contribution < 1.29 is 14.3 Å². The van der Waals surface area contributed by atoms with Crippen LogP contribution in [0.3, 0.4) is 0 Å². The second kappa shape index (κ2) is 8.12. The maximum Gasteiger partial charge on any atom is 0.338 e. The quantitative estimate of drug-likeness (QED) is 0.595. The Balaban J connectivity index is 1.52. The molecular formula is C17H24N4O3. The summed E-state index contributed by atoms with van der Waals surface area (Å²) < 4.78 is 10.4. The van der Waals surface area contributed by atoms with Crippen molar-refractivity contribution in [1.82, 2.24) is 14.9 Å². The summed E-state index contributed by atoms with van der Waals surface area (Å²) in [5.74, 6) is 0.419. The molecule has 3 rings (SSSR count). The Labute approximate surface area is 141 Å². The minimum Gasteiger partial charge on any atom is -0.462 e. The summed E-state index contributed by atoms with van der Waals surface area (Å²) in [5.41, 5.74) is 2.20. The molecule has 2 heterocycles. The second-order valence-corrected chi connectivity index (χ2v) is 5.77. The normalized spacial score (nSPS) is 15.5. The minimum atomic E-state index is -0.311. The average molecular weight is 332 g/mol. The molecule has 2 N–H and O–H groups in total. The van der Waals surface area contributed by atoms with Crippen molar-refractivity contribution in [3.8, 4) is 0 Å². The van der Waals surface area contributed by atoms with Crippen LogP contribution in [0.15, 0.2) is 18.2 Å². The molecule has 2 aromatic rings. The predicted molar refractivity (Wildman–Crippen MR) is 92.4 cm³/mol. The van der Waals surface area contributed by atoms with Gasteiger partial charge in [-0.3, -0.25) is 4.90 Å². The van der Waals surface area contributed by atoms with Crippen LogP contribution in [-0.4, -0.2) is 66.8 Å². The van der Waals surface area contributed by atoms with Gasteiger partial charge in [-0.25, -0.2) is 9.78 Å². The number of H-pyrrole nitrogens is 1. The first kappa shape index (κ1) is 16.7. The number of rotatable bonds is 7. The van der Waals surface area contributed by atoms with Crippen LogP contribution in [0.5, 0.6) is 0 Å². The molecule has 1 fully saturated rings. The van der Waals surface area contributed by atoms with E-state index in [4.69, 9.17) is 9.47 Å². The molecule has 0 spiro atoms. The smallest absolute Gasteiger partial charge is 0.338 e. The SMILES string of the molecule is CCOC(=O)c1ccc2nc(NCCCN3CCOCC3)[nH]c2c1. The fourth-order valence-corrected chi connectivity index (χ4v) is 2.77. The van der Waals surface area contributed by atoms with Gasteiger partial charge in [-0.1, -0.05) is 0 Å². The standard InChI is InChI=1S/C17H24N4O3/c1-2-24-16(22)13-4-5-14-15(12-13)20-17(19-14)18-6-3-7-21-8-10-23-11-9-21/h4-5,12H,2-3,6-11H2,1H3,(H2,18,19,20). The number of carbonyl (C=O) groups is 1. The summed E-state index contributed by atoms with van der Waals surface area (Å²) in [7, 11) is 0. The van der Waals surface area contributed by atoms with Gasteiger partial charge < -0.3 is 19.8 Å². The molecule has 1 aliphatic heterocycles. The number of aromatic nitrogens is 2. The van der Waals surface area contributed by atoms with E-state index in [1.54, 1.807) is 19.1 Å². The molecule has 0 saturated carbocycles. The number of benzene rings is 1. The Morgan fingerprint density at radius 2 is 2.25 bits per heavy atom. The van der Waals surface area contributed by atoms with Crippen molar-refractivity contribution in [3.05, 3.63) is 23.8 Å². The fraction of sp³-hybridized carbons (Fsp3) is 0.529. The number of hydrogen-bond donors (Lipinski definition) is 2. The van der Waals surface area contributed by atoms with Crippen LogP contribution in [0.4, 0.5) is 5.95 Å². The summed E-state index contributed by atoms with van der Waals surface area (Å²) in [5, 5.41) is 3.31. The fourth-order valence-electron chi connectivity index (χ4n) is 2.77. The largest absolute Gasteiger partial charge is 0.462 e. The van der Waals surface area contributed by atoms with Gasteiger partial charge in [0.05, 0.1) is 36.4 Å². The number of nitrogens with zero attached hydrogens (tertiary/aromatic N) is 2. The maximum atomic E-state index is 11.8. The van der Waals surface area contributed by atoms with Gasteiger partial charge in [0.1, 0.15) is 0 Å². The topological polar surface area (TPSA) is 79.5 Å². The third-order valence-corrected chi connectivity index (χ3v) is 4.04. The highest BCUT2D eigenvalue weighted by molar-refractivity contribution is 5.94. The van der Waals surface area contributed by atoms with E-state index >= 15 is 0 Å². The predicted octanol–water partition coefficient (Wildman–Crippen LogP) is 1.87. The zero-order valence-corrected chi connectivity index (χ0v) is 14.0. The Morgan fingerprint density at radius 3 is 3.04 bits per heavy atom. The Morgan fingerprint density at radius 1 is 1.42 bits per heavy atom. The molecule has 7 nitrogen and oxygen atoms in total. The lowest BCUT2D eigenvalue weighted by molar-refractivity contribution is 0.0378. The molecule has 1 aromatic heterocycles. The highest BCUT2D eigenvalue weighted by Gasteiger charge is 2.11. The van der Waals surface area contributed by atoms with Gasteiger partial charge in [0, 0.05) is 19.6 Å². The minimum absolute atomic E-state index is 0.311. The lowest BCUT2D eigenvalue weighted by Gasteiger charge is -2.26. The van der Waals surface area contributed by atoms with Gasteiger partial charge >= 0.3 is 5.97 Å². The number of imidazole rings is 1. The second-order valence-electron chi connectivity index (χ2n) is 5.77. The van der Waals surface area contributed by atoms with E-state index in [2.05, 4.69) is 20.2 Å². The number of carbonyl (C=O) groups excluding carboxylic acids is 1. The molecule has 1 saturated heterocycles. The van der Waals surface area contributed by atoms with E-state index < -0.39 is 0 Å². The number of ether oxygens (including phenoxy) is 2. The molecule has 0 bridgehead atoms. The molecule has 0 amide bonds. The van der Waals surface area contributed by atoms with E-state index in [1.165, 1.54) is 0 Å². The van der Waals surface area contributed by atoms with Gasteiger partial charge in [0.15, 0.2) is 0 Å². The zero-order valence-electron chi connectivity index (χ0n) is 14.0. The lowest BCUT2D eigenvalue weighted by atomic mass is 10.2. The van der Waals surface area contributed by atoms with Crippen molar-refractivity contribution in [2.75, 3.05) is 51.3 Å². The van der Waals surface area contributed by atoms with Gasteiger partial charge in [0.25, 0.3) is 0 Å². The molecule has 7 heteroatoms. The molecule has 1 aliphatic rings. The Kier molecular flexibility index (Phi) is 5.66. The van der Waals surface area contributed by atoms with E-state index in [0.29, 0.717) is 12.2 Å². The molecule has 1 aromatic carbocycles. The third-order valence-electron chi connectivity index (χ3n) is 4.04. The first-order chi connectivity index (χ1) is 11.8. The highest BCUT2D eigenvalue weighted by Crippen LogP contribution is 2.17. The van der Waals surface area contributed by atoms with E-state index in [9.17, 15) is 4.79 Å². The van der Waals surface area contributed by atoms with Crippen LogP contribution in [0, 0.1) is 0 Å². The van der Waals surface area contributed by atoms with E-state index in [0.717, 1.165) is 62.8 Å².